The predicted molar refractivity (Wildman–Crippen MR) is 124 cm³/mol. The van der Waals surface area contributed by atoms with Gasteiger partial charge in [-0.2, -0.15) is 0 Å². The lowest BCUT2D eigenvalue weighted by molar-refractivity contribution is 0.0724. The Labute approximate surface area is 194 Å². The topological polar surface area (TPSA) is 80.9 Å². The number of hydrogen-bond acceptors (Lipinski definition) is 4. The number of hydrogen-bond donors (Lipinski definition) is 1. The Bertz CT molecular complexity index is 1290. The molecule has 0 aliphatic carbocycles. The van der Waals surface area contributed by atoms with Crippen molar-refractivity contribution in [2.75, 3.05) is 0 Å². The van der Waals surface area contributed by atoms with Crippen LogP contribution in [0.1, 0.15) is 35.3 Å². The van der Waals surface area contributed by atoms with Crippen LogP contribution in [-0.4, -0.2) is 33.0 Å². The fraction of sp³-hybridized carbons (Fsp3) is 0.125. The highest BCUT2D eigenvalue weighted by Crippen LogP contribution is 2.41. The quantitative estimate of drug-likeness (QED) is 0.468. The molecule has 0 atom stereocenters. The molecule has 32 heavy (non-hydrogen) atoms. The third-order valence-electron chi connectivity index (χ3n) is 5.07. The molecule has 4 rings (SSSR count). The highest BCUT2D eigenvalue weighted by atomic mass is 35.5. The van der Waals surface area contributed by atoms with Gasteiger partial charge in [-0.1, -0.05) is 54.0 Å². The number of benzene rings is 2. The van der Waals surface area contributed by atoms with Crippen molar-refractivity contribution in [1.82, 2.24) is 4.57 Å². The standard InChI is InChI=1S/C24H18Cl2N2O4/c1-4-24(2,3)32-23(31)28-20(14-7-11-16(26)12-8-14)18-17(22(28)30)19(27-21(18)29)13-5-9-15(25)10-6-13/h4-12,30H,1H2,2-3H3. The number of ether oxygens (including phenoxy) is 1. The Morgan fingerprint density at radius 1 is 1.03 bits per heavy atom. The molecule has 2 aromatic carbocycles. The summed E-state index contributed by atoms with van der Waals surface area (Å²) < 4.78 is 6.49. The van der Waals surface area contributed by atoms with Crippen molar-refractivity contribution in [3.05, 3.63) is 87.9 Å². The number of rotatable bonds is 4. The van der Waals surface area contributed by atoms with E-state index in [0.717, 1.165) is 4.57 Å². The summed E-state index contributed by atoms with van der Waals surface area (Å²) in [5.74, 6) is -1.03. The van der Waals surface area contributed by atoms with Gasteiger partial charge in [0.25, 0.3) is 5.91 Å². The average Bonchev–Trinajstić information content (AvgIpc) is 3.24. The molecule has 0 unspecified atom stereocenters. The number of amides is 1. The third-order valence-corrected chi connectivity index (χ3v) is 5.57. The van der Waals surface area contributed by atoms with E-state index in [4.69, 9.17) is 27.9 Å². The maximum absolute atomic E-state index is 13.1. The van der Waals surface area contributed by atoms with Crippen molar-refractivity contribution in [1.29, 1.82) is 0 Å². The summed E-state index contributed by atoms with van der Waals surface area (Å²) in [5.41, 5.74) is 0.697. The normalized spacial score (nSPS) is 13.0. The van der Waals surface area contributed by atoms with Gasteiger partial charge in [0, 0.05) is 15.6 Å². The van der Waals surface area contributed by atoms with E-state index in [1.54, 1.807) is 62.4 Å². The molecule has 1 N–H and O–H groups in total. The van der Waals surface area contributed by atoms with E-state index in [1.807, 2.05) is 0 Å². The molecular formula is C24H18Cl2N2O4. The first-order valence-electron chi connectivity index (χ1n) is 9.63. The van der Waals surface area contributed by atoms with Crippen LogP contribution in [0.15, 0.2) is 66.2 Å². The van der Waals surface area contributed by atoms with Crippen molar-refractivity contribution in [3.8, 4) is 17.1 Å². The van der Waals surface area contributed by atoms with Crippen LogP contribution in [0.2, 0.25) is 10.0 Å². The second-order valence-corrected chi connectivity index (χ2v) is 8.59. The van der Waals surface area contributed by atoms with Gasteiger partial charge in [-0.05, 0) is 49.8 Å². The number of carbonyl (C=O) groups is 2. The van der Waals surface area contributed by atoms with Crippen molar-refractivity contribution in [2.24, 2.45) is 4.99 Å². The summed E-state index contributed by atoms with van der Waals surface area (Å²) in [6, 6.07) is 13.2. The lowest BCUT2D eigenvalue weighted by atomic mass is 10.0. The summed E-state index contributed by atoms with van der Waals surface area (Å²) in [7, 11) is 0. The molecule has 162 valence electrons. The van der Waals surface area contributed by atoms with E-state index >= 15 is 0 Å². The smallest absolute Gasteiger partial charge is 0.422 e. The van der Waals surface area contributed by atoms with Crippen LogP contribution < -0.4 is 0 Å². The molecule has 8 heteroatoms. The number of halogens is 2. The molecule has 6 nitrogen and oxygen atoms in total. The molecule has 0 fully saturated rings. The van der Waals surface area contributed by atoms with Crippen molar-refractivity contribution in [3.63, 3.8) is 0 Å². The van der Waals surface area contributed by atoms with E-state index in [0.29, 0.717) is 21.2 Å². The Morgan fingerprint density at radius 3 is 2.09 bits per heavy atom. The molecule has 3 aromatic rings. The van der Waals surface area contributed by atoms with Gasteiger partial charge < -0.3 is 9.84 Å². The molecule has 0 spiro atoms. The Balaban J connectivity index is 1.96. The minimum Gasteiger partial charge on any atom is -0.494 e. The van der Waals surface area contributed by atoms with Crippen molar-refractivity contribution < 1.29 is 19.4 Å². The SMILES string of the molecule is C=CC(C)(C)OC(=O)n1c(O)c2c(c1-c1ccc(Cl)cc1)C(=O)N=C2c1ccc(Cl)cc1. The average molecular weight is 469 g/mol. The molecular weight excluding hydrogens is 451 g/mol. The number of fused-ring (bicyclic) bond motifs is 1. The molecule has 1 aliphatic heterocycles. The second-order valence-electron chi connectivity index (χ2n) is 7.71. The Hall–Kier alpha value is -3.35. The van der Waals surface area contributed by atoms with Crippen LogP contribution in [0.5, 0.6) is 5.88 Å². The monoisotopic (exact) mass is 468 g/mol. The molecule has 1 aromatic heterocycles. The van der Waals surface area contributed by atoms with E-state index in [2.05, 4.69) is 11.6 Å². The predicted octanol–water partition coefficient (Wildman–Crippen LogP) is 6.11. The van der Waals surface area contributed by atoms with E-state index in [9.17, 15) is 14.7 Å². The molecule has 1 aliphatic rings. The highest BCUT2D eigenvalue weighted by molar-refractivity contribution is 6.33. The van der Waals surface area contributed by atoms with Crippen LogP contribution in [0, 0.1) is 0 Å². The van der Waals surface area contributed by atoms with Crippen LogP contribution in [0.25, 0.3) is 11.3 Å². The van der Waals surface area contributed by atoms with Gasteiger partial charge in [-0.25, -0.2) is 14.4 Å². The zero-order valence-corrected chi connectivity index (χ0v) is 18.7. The van der Waals surface area contributed by atoms with Gasteiger partial charge in [0.05, 0.1) is 22.5 Å². The molecule has 0 saturated carbocycles. The minimum atomic E-state index is -1.01. The van der Waals surface area contributed by atoms with Crippen LogP contribution in [0.4, 0.5) is 4.79 Å². The fourth-order valence-corrected chi connectivity index (χ4v) is 3.65. The van der Waals surface area contributed by atoms with E-state index in [1.165, 1.54) is 6.08 Å². The molecule has 0 bridgehead atoms. The van der Waals surface area contributed by atoms with Gasteiger partial charge in [0.2, 0.25) is 5.88 Å². The number of carbonyl (C=O) groups excluding carboxylic acids is 2. The summed E-state index contributed by atoms with van der Waals surface area (Å²) in [6.45, 7) is 6.97. The number of aliphatic imine (C=N–C) groups is 1. The maximum Gasteiger partial charge on any atom is 0.422 e. The summed E-state index contributed by atoms with van der Waals surface area (Å²) >= 11 is 12.0. The Morgan fingerprint density at radius 2 is 1.56 bits per heavy atom. The summed E-state index contributed by atoms with van der Waals surface area (Å²) in [4.78, 5) is 30.3. The van der Waals surface area contributed by atoms with Crippen LogP contribution in [0.3, 0.4) is 0 Å². The highest BCUT2D eigenvalue weighted by Gasteiger charge is 2.39. The fourth-order valence-electron chi connectivity index (χ4n) is 3.39. The Kier molecular flexibility index (Phi) is 5.44. The first-order valence-corrected chi connectivity index (χ1v) is 10.4. The number of aromatic nitrogens is 1. The van der Waals surface area contributed by atoms with Crippen molar-refractivity contribution in [2.45, 2.75) is 19.4 Å². The van der Waals surface area contributed by atoms with Crippen LogP contribution >= 0.6 is 23.2 Å². The summed E-state index contributed by atoms with van der Waals surface area (Å²) in [5, 5.41) is 12.1. The van der Waals surface area contributed by atoms with Crippen LogP contribution in [-0.2, 0) is 4.74 Å². The van der Waals surface area contributed by atoms with E-state index in [-0.39, 0.29) is 22.5 Å². The zero-order valence-electron chi connectivity index (χ0n) is 17.2. The second kappa shape index (κ2) is 7.97. The lowest BCUT2D eigenvalue weighted by Crippen LogP contribution is -2.28. The molecule has 0 saturated heterocycles. The molecule has 0 radical (unpaired) electrons. The number of nitrogens with zero attached hydrogens (tertiary/aromatic N) is 2. The molecule has 1 amide bonds. The van der Waals surface area contributed by atoms with Gasteiger partial charge >= 0.3 is 6.09 Å². The first kappa shape index (κ1) is 21.9. The van der Waals surface area contributed by atoms with Gasteiger partial charge in [0.1, 0.15) is 5.60 Å². The molecule has 2 heterocycles. The van der Waals surface area contributed by atoms with E-state index < -0.39 is 23.5 Å². The van der Waals surface area contributed by atoms with Gasteiger partial charge in [0.15, 0.2) is 0 Å². The van der Waals surface area contributed by atoms with Gasteiger partial charge in [-0.3, -0.25) is 4.79 Å². The minimum absolute atomic E-state index is 0.100. The van der Waals surface area contributed by atoms with Crippen molar-refractivity contribution >= 4 is 40.9 Å². The summed E-state index contributed by atoms with van der Waals surface area (Å²) in [6.07, 6.45) is 0.599. The largest absolute Gasteiger partial charge is 0.494 e. The lowest BCUT2D eigenvalue weighted by Gasteiger charge is -2.22. The zero-order chi connectivity index (χ0) is 23.2. The first-order chi connectivity index (χ1) is 15.1. The van der Waals surface area contributed by atoms with Gasteiger partial charge in [-0.15, -0.1) is 0 Å². The third kappa shape index (κ3) is 3.72. The number of aromatic hydroxyl groups is 1. The maximum atomic E-state index is 13.1.